The Morgan fingerprint density at radius 3 is 0.500 bits per heavy atom. The molecule has 0 N–H and O–H groups in total. The van der Waals surface area contributed by atoms with Gasteiger partial charge in [0.1, 0.15) is 0 Å². The lowest BCUT2D eigenvalue weighted by Gasteiger charge is -2.70. The van der Waals surface area contributed by atoms with Crippen LogP contribution in [0.2, 0.25) is 0 Å². The zero-order valence-corrected chi connectivity index (χ0v) is 14.4. The predicted molar refractivity (Wildman–Crippen MR) is 89.2 cm³/mol. The molecule has 1 nitrogen and oxygen atoms in total. The van der Waals surface area contributed by atoms with Gasteiger partial charge < -0.3 is 4.48 Å². The Kier molecular flexibility index (Phi) is 5.48. The zero-order valence-electron chi connectivity index (χ0n) is 14.4. The SMILES string of the molecule is B.CC(C)(C)[N+](C(C)(C)C)(C(C)(C)C)C(C)(C)C. The third kappa shape index (κ3) is 2.79. The Morgan fingerprint density at radius 1 is 0.389 bits per heavy atom. The first-order valence-corrected chi connectivity index (χ1v) is 6.89. The van der Waals surface area contributed by atoms with E-state index >= 15 is 0 Å². The number of nitrogens with zero attached hydrogens (tertiary/aromatic N) is 1. The van der Waals surface area contributed by atoms with E-state index in [0.29, 0.717) is 0 Å². The highest BCUT2D eigenvalue weighted by Gasteiger charge is 2.62. The van der Waals surface area contributed by atoms with Gasteiger partial charge in [0.05, 0.1) is 30.6 Å². The maximum atomic E-state index is 2.38. The lowest BCUT2D eigenvalue weighted by Crippen LogP contribution is -2.82. The molecule has 0 aliphatic rings. The number of rotatable bonds is 0. The standard InChI is InChI=1S/C16H36N.BH3/c1-13(2,3)17(14(4,5)6,15(7,8)9)16(10,11)12;/h1-12H3;1H3/q+1;. The number of hydrogen-bond donors (Lipinski definition) is 0. The van der Waals surface area contributed by atoms with E-state index in [2.05, 4.69) is 83.1 Å². The second-order valence-electron chi connectivity index (χ2n) is 9.35. The summed E-state index contributed by atoms with van der Waals surface area (Å²) in [6.07, 6.45) is 0. The summed E-state index contributed by atoms with van der Waals surface area (Å²) in [4.78, 5) is 0. The quantitative estimate of drug-likeness (QED) is 0.456. The summed E-state index contributed by atoms with van der Waals surface area (Å²) in [5.41, 5.74) is 0.812. The lowest BCUT2D eigenvalue weighted by molar-refractivity contribution is -1.08. The van der Waals surface area contributed by atoms with E-state index in [-0.39, 0.29) is 30.6 Å². The molecule has 0 aliphatic carbocycles. The van der Waals surface area contributed by atoms with Crippen LogP contribution in [0, 0.1) is 0 Å². The van der Waals surface area contributed by atoms with E-state index in [9.17, 15) is 0 Å². The molecule has 0 spiro atoms. The first kappa shape index (κ1) is 20.3. The Balaban J connectivity index is 0. The van der Waals surface area contributed by atoms with Crippen LogP contribution < -0.4 is 0 Å². The third-order valence-electron chi connectivity index (χ3n) is 4.02. The monoisotopic (exact) mass is 256 g/mol. The molecule has 0 bridgehead atoms. The van der Waals surface area contributed by atoms with Gasteiger partial charge in [-0.2, -0.15) is 0 Å². The minimum absolute atomic E-state index is 0. The molecule has 0 heterocycles. The summed E-state index contributed by atoms with van der Waals surface area (Å²) >= 11 is 0. The molecular formula is C16H39BN+. The molecular weight excluding hydrogens is 217 g/mol. The van der Waals surface area contributed by atoms with Crippen LogP contribution in [0.5, 0.6) is 0 Å². The summed E-state index contributed by atoms with van der Waals surface area (Å²) in [6.45, 7) is 28.6. The van der Waals surface area contributed by atoms with E-state index in [0.717, 1.165) is 4.48 Å². The van der Waals surface area contributed by atoms with Crippen molar-refractivity contribution in [3.63, 3.8) is 0 Å². The van der Waals surface area contributed by atoms with Crippen molar-refractivity contribution in [2.45, 2.75) is 105 Å². The summed E-state index contributed by atoms with van der Waals surface area (Å²) in [5, 5.41) is 0. The van der Waals surface area contributed by atoms with E-state index in [1.54, 1.807) is 0 Å². The first-order valence-electron chi connectivity index (χ1n) is 6.89. The number of hydrogen-bond acceptors (Lipinski definition) is 0. The van der Waals surface area contributed by atoms with Crippen molar-refractivity contribution in [3.8, 4) is 0 Å². The Labute approximate surface area is 119 Å². The van der Waals surface area contributed by atoms with E-state index in [4.69, 9.17) is 0 Å². The fourth-order valence-electron chi connectivity index (χ4n) is 6.04. The third-order valence-corrected chi connectivity index (χ3v) is 4.02. The Morgan fingerprint density at radius 2 is 0.500 bits per heavy atom. The molecule has 0 aromatic rings. The molecule has 110 valence electrons. The maximum Gasteiger partial charge on any atom is 0.0918 e. The summed E-state index contributed by atoms with van der Waals surface area (Å²) in [5.74, 6) is 0. The van der Waals surface area contributed by atoms with Gasteiger partial charge in [0.25, 0.3) is 0 Å². The minimum Gasteiger partial charge on any atom is -0.307 e. The van der Waals surface area contributed by atoms with Crippen LogP contribution in [-0.4, -0.2) is 35.1 Å². The van der Waals surface area contributed by atoms with Crippen molar-refractivity contribution < 1.29 is 4.48 Å². The fraction of sp³-hybridized carbons (Fsp3) is 1.00. The zero-order chi connectivity index (χ0) is 14.5. The second-order valence-corrected chi connectivity index (χ2v) is 9.35. The minimum atomic E-state index is 0. The Hall–Kier alpha value is 0.0249. The summed E-state index contributed by atoms with van der Waals surface area (Å²) < 4.78 is 1.08. The second kappa shape index (κ2) is 4.85. The molecule has 0 unspecified atom stereocenters. The molecule has 0 fully saturated rings. The molecule has 0 atom stereocenters. The highest BCUT2D eigenvalue weighted by molar-refractivity contribution is 5.75. The molecule has 2 heteroatoms. The van der Waals surface area contributed by atoms with Gasteiger partial charge in [0.2, 0.25) is 0 Å². The van der Waals surface area contributed by atoms with Gasteiger partial charge >= 0.3 is 0 Å². The van der Waals surface area contributed by atoms with Gasteiger partial charge in [-0.25, -0.2) is 0 Å². The van der Waals surface area contributed by atoms with Crippen molar-refractivity contribution >= 4 is 8.41 Å². The molecule has 0 amide bonds. The van der Waals surface area contributed by atoms with Gasteiger partial charge in [-0.3, -0.25) is 0 Å². The van der Waals surface area contributed by atoms with Crippen LogP contribution >= 0.6 is 0 Å². The van der Waals surface area contributed by atoms with Gasteiger partial charge in [0, 0.05) is 0 Å². The van der Waals surface area contributed by atoms with Crippen molar-refractivity contribution in [3.05, 3.63) is 0 Å². The van der Waals surface area contributed by atoms with Crippen LogP contribution in [0.25, 0.3) is 0 Å². The summed E-state index contributed by atoms with van der Waals surface area (Å²) in [6, 6.07) is 0. The molecule has 0 aromatic heterocycles. The summed E-state index contributed by atoms with van der Waals surface area (Å²) in [7, 11) is 0. The van der Waals surface area contributed by atoms with Gasteiger partial charge in [-0.1, -0.05) is 0 Å². The average molecular weight is 256 g/mol. The van der Waals surface area contributed by atoms with Crippen molar-refractivity contribution in [2.24, 2.45) is 0 Å². The number of quaternary nitrogens is 1. The first-order chi connectivity index (χ1) is 7.00. The largest absolute Gasteiger partial charge is 0.307 e. The molecule has 0 aromatic carbocycles. The van der Waals surface area contributed by atoms with E-state index in [1.165, 1.54) is 0 Å². The highest BCUT2D eigenvalue weighted by atomic mass is 15.5. The smallest absolute Gasteiger partial charge is 0.0918 e. The average Bonchev–Trinajstić information content (AvgIpc) is 1.67. The van der Waals surface area contributed by atoms with Crippen LogP contribution in [-0.2, 0) is 0 Å². The van der Waals surface area contributed by atoms with Crippen molar-refractivity contribution in [2.75, 3.05) is 0 Å². The van der Waals surface area contributed by atoms with Gasteiger partial charge in [0.15, 0.2) is 0 Å². The normalized spacial score (nSPS) is 15.3. The maximum absolute atomic E-state index is 2.38. The van der Waals surface area contributed by atoms with Crippen molar-refractivity contribution in [1.82, 2.24) is 0 Å². The molecule has 18 heavy (non-hydrogen) atoms. The van der Waals surface area contributed by atoms with Crippen LogP contribution in [0.1, 0.15) is 83.1 Å². The van der Waals surface area contributed by atoms with Crippen LogP contribution in [0.3, 0.4) is 0 Å². The fourth-order valence-corrected chi connectivity index (χ4v) is 6.04. The van der Waals surface area contributed by atoms with Crippen LogP contribution in [0.4, 0.5) is 0 Å². The van der Waals surface area contributed by atoms with Gasteiger partial charge in [-0.15, -0.1) is 0 Å². The molecule has 0 rings (SSSR count). The predicted octanol–water partition coefficient (Wildman–Crippen LogP) is 3.81. The Bertz CT molecular complexity index is 204. The molecule has 0 saturated heterocycles. The topological polar surface area (TPSA) is 0 Å². The van der Waals surface area contributed by atoms with Gasteiger partial charge in [-0.05, 0) is 83.1 Å². The molecule has 0 saturated carbocycles. The molecule has 0 aliphatic heterocycles. The van der Waals surface area contributed by atoms with Crippen molar-refractivity contribution in [1.29, 1.82) is 0 Å². The van der Waals surface area contributed by atoms with E-state index < -0.39 is 0 Å². The van der Waals surface area contributed by atoms with E-state index in [1.807, 2.05) is 0 Å². The highest BCUT2D eigenvalue weighted by Crippen LogP contribution is 2.50. The van der Waals surface area contributed by atoms with Crippen LogP contribution in [0.15, 0.2) is 0 Å². The lowest BCUT2D eigenvalue weighted by atomic mass is 9.75. The molecule has 0 radical (unpaired) electrons.